The predicted octanol–water partition coefficient (Wildman–Crippen LogP) is 2.29. The molecule has 1 aromatic heterocycles. The van der Waals surface area contributed by atoms with Crippen molar-refractivity contribution in [2.45, 2.75) is 18.9 Å². The predicted molar refractivity (Wildman–Crippen MR) is 86.3 cm³/mol. The minimum Gasteiger partial charge on any atom is -0.345 e. The van der Waals surface area contributed by atoms with Gasteiger partial charge in [0.05, 0.1) is 12.0 Å². The van der Waals surface area contributed by atoms with Gasteiger partial charge in [-0.1, -0.05) is 30.3 Å². The molecule has 2 atom stereocenters. The van der Waals surface area contributed by atoms with Gasteiger partial charge in [0.15, 0.2) is 0 Å². The lowest BCUT2D eigenvalue weighted by Crippen LogP contribution is -2.42. The fourth-order valence-corrected chi connectivity index (χ4v) is 2.90. The first kappa shape index (κ1) is 14.7. The number of nitrogens with one attached hydrogen (secondary N) is 2. The fourth-order valence-electron chi connectivity index (χ4n) is 2.90. The summed E-state index contributed by atoms with van der Waals surface area (Å²) in [5.74, 6) is 0.180. The van der Waals surface area contributed by atoms with E-state index in [0.717, 1.165) is 37.1 Å². The number of hydrogen-bond acceptors (Lipinski definition) is 3. The summed E-state index contributed by atoms with van der Waals surface area (Å²) >= 11 is 0. The van der Waals surface area contributed by atoms with Gasteiger partial charge in [-0.05, 0) is 42.6 Å². The summed E-state index contributed by atoms with van der Waals surface area (Å²) < 4.78 is 0. The van der Waals surface area contributed by atoms with Crippen molar-refractivity contribution in [3.63, 3.8) is 0 Å². The molecule has 4 nitrogen and oxygen atoms in total. The Kier molecular flexibility index (Phi) is 4.81. The SMILES string of the molecule is O=C(NC(c1ccccc1)c1ccncc1)C1CCCNC1. The molecule has 0 saturated carbocycles. The van der Waals surface area contributed by atoms with Crippen LogP contribution in [0, 0.1) is 5.92 Å². The van der Waals surface area contributed by atoms with Crippen LogP contribution in [0.4, 0.5) is 0 Å². The van der Waals surface area contributed by atoms with Crippen LogP contribution in [0.2, 0.25) is 0 Å². The maximum Gasteiger partial charge on any atom is 0.225 e. The smallest absolute Gasteiger partial charge is 0.225 e. The molecule has 1 aliphatic rings. The van der Waals surface area contributed by atoms with Gasteiger partial charge in [-0.25, -0.2) is 0 Å². The van der Waals surface area contributed by atoms with E-state index in [2.05, 4.69) is 15.6 Å². The molecule has 0 bridgehead atoms. The zero-order valence-corrected chi connectivity index (χ0v) is 12.5. The molecule has 0 aliphatic carbocycles. The molecule has 1 amide bonds. The summed E-state index contributed by atoms with van der Waals surface area (Å²) in [5, 5.41) is 6.51. The second-order valence-corrected chi connectivity index (χ2v) is 5.68. The zero-order chi connectivity index (χ0) is 15.2. The van der Waals surface area contributed by atoms with E-state index in [-0.39, 0.29) is 17.9 Å². The quantitative estimate of drug-likeness (QED) is 0.910. The van der Waals surface area contributed by atoms with Gasteiger partial charge < -0.3 is 10.6 Å². The van der Waals surface area contributed by atoms with Gasteiger partial charge in [-0.3, -0.25) is 9.78 Å². The minimum absolute atomic E-state index is 0.0572. The van der Waals surface area contributed by atoms with Crippen LogP contribution in [0.3, 0.4) is 0 Å². The Morgan fingerprint density at radius 3 is 2.55 bits per heavy atom. The van der Waals surface area contributed by atoms with Gasteiger partial charge in [-0.2, -0.15) is 0 Å². The van der Waals surface area contributed by atoms with E-state index in [9.17, 15) is 4.79 Å². The maximum absolute atomic E-state index is 12.6. The highest BCUT2D eigenvalue weighted by Gasteiger charge is 2.24. The van der Waals surface area contributed by atoms with Gasteiger partial charge >= 0.3 is 0 Å². The van der Waals surface area contributed by atoms with Crippen LogP contribution in [0.25, 0.3) is 0 Å². The van der Waals surface area contributed by atoms with Gasteiger partial charge in [-0.15, -0.1) is 0 Å². The number of piperidine rings is 1. The minimum atomic E-state index is -0.126. The van der Waals surface area contributed by atoms with E-state index >= 15 is 0 Å². The molecule has 3 rings (SSSR count). The molecule has 0 radical (unpaired) electrons. The Morgan fingerprint density at radius 1 is 1.14 bits per heavy atom. The average Bonchev–Trinajstić information content (AvgIpc) is 2.62. The monoisotopic (exact) mass is 295 g/mol. The largest absolute Gasteiger partial charge is 0.345 e. The second kappa shape index (κ2) is 7.18. The van der Waals surface area contributed by atoms with Crippen molar-refractivity contribution < 1.29 is 4.79 Å². The van der Waals surface area contributed by atoms with Crippen LogP contribution in [0.1, 0.15) is 30.0 Å². The molecular weight excluding hydrogens is 274 g/mol. The Labute approximate surface area is 131 Å². The van der Waals surface area contributed by atoms with E-state index < -0.39 is 0 Å². The number of benzene rings is 1. The van der Waals surface area contributed by atoms with E-state index in [1.807, 2.05) is 42.5 Å². The number of amides is 1. The van der Waals surface area contributed by atoms with Crippen molar-refractivity contribution in [1.82, 2.24) is 15.6 Å². The third kappa shape index (κ3) is 3.52. The molecule has 1 fully saturated rings. The van der Waals surface area contributed by atoms with Crippen LogP contribution < -0.4 is 10.6 Å². The maximum atomic E-state index is 12.6. The third-order valence-corrected chi connectivity index (χ3v) is 4.13. The summed E-state index contributed by atoms with van der Waals surface area (Å²) in [7, 11) is 0. The van der Waals surface area contributed by atoms with Gasteiger partial charge in [0, 0.05) is 18.9 Å². The number of carbonyl (C=O) groups is 1. The lowest BCUT2D eigenvalue weighted by molar-refractivity contribution is -0.126. The Bertz CT molecular complexity index is 555. The molecular formula is C18H21N3O. The highest BCUT2D eigenvalue weighted by atomic mass is 16.2. The molecule has 2 heterocycles. The Balaban J connectivity index is 1.81. The standard InChI is InChI=1S/C18H21N3O/c22-18(16-7-4-10-20-13-16)21-17(14-5-2-1-3-6-14)15-8-11-19-12-9-15/h1-3,5-6,8-9,11-12,16-17,20H,4,7,10,13H2,(H,21,22). The number of hydrogen-bond donors (Lipinski definition) is 2. The number of nitrogens with zero attached hydrogens (tertiary/aromatic N) is 1. The molecule has 0 spiro atoms. The Morgan fingerprint density at radius 2 is 1.86 bits per heavy atom. The van der Waals surface area contributed by atoms with Crippen LogP contribution in [-0.4, -0.2) is 24.0 Å². The van der Waals surface area contributed by atoms with Crippen LogP contribution in [0.5, 0.6) is 0 Å². The van der Waals surface area contributed by atoms with E-state index in [1.54, 1.807) is 12.4 Å². The summed E-state index contributed by atoms with van der Waals surface area (Å²) in [4.78, 5) is 16.7. The number of rotatable bonds is 4. The first-order valence-electron chi connectivity index (χ1n) is 7.80. The summed E-state index contributed by atoms with van der Waals surface area (Å²) in [6.07, 6.45) is 5.54. The molecule has 22 heavy (non-hydrogen) atoms. The van der Waals surface area contributed by atoms with Crippen LogP contribution in [-0.2, 0) is 4.79 Å². The molecule has 4 heteroatoms. The van der Waals surface area contributed by atoms with Crippen molar-refractivity contribution in [2.24, 2.45) is 5.92 Å². The normalized spacial score (nSPS) is 19.4. The van der Waals surface area contributed by atoms with Crippen molar-refractivity contribution in [3.8, 4) is 0 Å². The molecule has 1 aliphatic heterocycles. The molecule has 2 unspecified atom stereocenters. The van der Waals surface area contributed by atoms with Crippen molar-refractivity contribution in [3.05, 3.63) is 66.0 Å². The highest BCUT2D eigenvalue weighted by molar-refractivity contribution is 5.80. The number of pyridine rings is 1. The van der Waals surface area contributed by atoms with Gasteiger partial charge in [0.1, 0.15) is 0 Å². The van der Waals surface area contributed by atoms with Crippen LogP contribution >= 0.6 is 0 Å². The van der Waals surface area contributed by atoms with E-state index in [4.69, 9.17) is 0 Å². The average molecular weight is 295 g/mol. The second-order valence-electron chi connectivity index (χ2n) is 5.68. The van der Waals surface area contributed by atoms with Crippen molar-refractivity contribution in [2.75, 3.05) is 13.1 Å². The topological polar surface area (TPSA) is 54.0 Å². The molecule has 114 valence electrons. The first-order valence-corrected chi connectivity index (χ1v) is 7.80. The molecule has 2 aromatic rings. The molecule has 1 saturated heterocycles. The Hall–Kier alpha value is -2.20. The third-order valence-electron chi connectivity index (χ3n) is 4.13. The number of carbonyl (C=O) groups excluding carboxylic acids is 1. The van der Waals surface area contributed by atoms with E-state index in [1.165, 1.54) is 0 Å². The highest BCUT2D eigenvalue weighted by Crippen LogP contribution is 2.22. The lowest BCUT2D eigenvalue weighted by atomic mass is 9.95. The van der Waals surface area contributed by atoms with Crippen molar-refractivity contribution >= 4 is 5.91 Å². The fraction of sp³-hybridized carbons (Fsp3) is 0.333. The summed E-state index contributed by atoms with van der Waals surface area (Å²) in [5.41, 5.74) is 2.14. The van der Waals surface area contributed by atoms with Crippen LogP contribution in [0.15, 0.2) is 54.9 Å². The van der Waals surface area contributed by atoms with E-state index in [0.29, 0.717) is 0 Å². The van der Waals surface area contributed by atoms with Gasteiger partial charge in [0.2, 0.25) is 5.91 Å². The van der Waals surface area contributed by atoms with Crippen molar-refractivity contribution in [1.29, 1.82) is 0 Å². The van der Waals surface area contributed by atoms with Gasteiger partial charge in [0.25, 0.3) is 0 Å². The molecule has 2 N–H and O–H groups in total. The molecule has 1 aromatic carbocycles. The lowest BCUT2D eigenvalue weighted by Gasteiger charge is -2.26. The zero-order valence-electron chi connectivity index (χ0n) is 12.5. The summed E-state index contributed by atoms with van der Waals surface area (Å²) in [6.45, 7) is 1.78. The summed E-state index contributed by atoms with van der Waals surface area (Å²) in [6, 6.07) is 13.9. The first-order chi connectivity index (χ1) is 10.8. The number of aromatic nitrogens is 1.